The highest BCUT2D eigenvalue weighted by atomic mass is 16.5. The molecule has 1 aromatic rings. The summed E-state index contributed by atoms with van der Waals surface area (Å²) in [6, 6.07) is 4.45. The number of aromatic hydroxyl groups is 1. The van der Waals surface area contributed by atoms with E-state index < -0.39 is 23.0 Å². The topological polar surface area (TPSA) is 144 Å². The van der Waals surface area contributed by atoms with E-state index in [1.807, 2.05) is 0 Å². The van der Waals surface area contributed by atoms with Crippen molar-refractivity contribution in [3.8, 4) is 5.75 Å². The van der Waals surface area contributed by atoms with Crippen molar-refractivity contribution in [3.63, 3.8) is 0 Å². The summed E-state index contributed by atoms with van der Waals surface area (Å²) in [5, 5.41) is 45.9. The zero-order chi connectivity index (χ0) is 12.6. The van der Waals surface area contributed by atoms with Gasteiger partial charge in [0, 0.05) is 5.56 Å². The minimum Gasteiger partial charge on any atom is -0.508 e. The van der Waals surface area contributed by atoms with Crippen LogP contribution in [-0.4, -0.2) is 37.2 Å². The van der Waals surface area contributed by atoms with Gasteiger partial charge in [0.2, 0.25) is 5.79 Å². The molecule has 0 bridgehead atoms. The van der Waals surface area contributed by atoms with Crippen LogP contribution in [0.15, 0.2) is 24.3 Å². The number of carboxylic acids is 1. The highest BCUT2D eigenvalue weighted by molar-refractivity contribution is 5.78. The third kappa shape index (κ3) is 1.84. The van der Waals surface area contributed by atoms with Crippen LogP contribution in [-0.2, 0) is 10.6 Å². The van der Waals surface area contributed by atoms with Gasteiger partial charge in [0.1, 0.15) is 5.75 Å². The number of aliphatic carboxylic acids is 1. The molecular formula is C9H11NO6. The Kier molecular flexibility index (Phi) is 2.89. The van der Waals surface area contributed by atoms with E-state index in [1.165, 1.54) is 12.1 Å². The zero-order valence-electron chi connectivity index (χ0n) is 8.03. The monoisotopic (exact) mass is 229 g/mol. The van der Waals surface area contributed by atoms with E-state index in [9.17, 15) is 20.1 Å². The van der Waals surface area contributed by atoms with E-state index in [2.05, 4.69) is 0 Å². The minimum atomic E-state index is -3.29. The van der Waals surface area contributed by atoms with Crippen molar-refractivity contribution in [1.82, 2.24) is 0 Å². The van der Waals surface area contributed by atoms with Gasteiger partial charge in [0.25, 0.3) is 5.72 Å². The van der Waals surface area contributed by atoms with E-state index in [-0.39, 0.29) is 5.75 Å². The lowest BCUT2D eigenvalue weighted by Gasteiger charge is -2.32. The summed E-state index contributed by atoms with van der Waals surface area (Å²) in [5.74, 6) is -5.57. The lowest BCUT2D eigenvalue weighted by Crippen LogP contribution is -2.63. The Bertz CT molecular complexity index is 414. The number of phenols is 1. The van der Waals surface area contributed by atoms with E-state index in [1.54, 1.807) is 0 Å². The van der Waals surface area contributed by atoms with Gasteiger partial charge < -0.3 is 25.5 Å². The Hall–Kier alpha value is -1.67. The Morgan fingerprint density at radius 1 is 1.25 bits per heavy atom. The molecule has 16 heavy (non-hydrogen) atoms. The van der Waals surface area contributed by atoms with E-state index in [4.69, 9.17) is 15.9 Å². The van der Waals surface area contributed by atoms with E-state index in [0.717, 1.165) is 12.1 Å². The fraction of sp³-hybridized carbons (Fsp3) is 0.222. The summed E-state index contributed by atoms with van der Waals surface area (Å²) < 4.78 is 0. The first-order valence-corrected chi connectivity index (χ1v) is 4.18. The molecule has 0 radical (unpaired) electrons. The van der Waals surface area contributed by atoms with Crippen LogP contribution in [0, 0.1) is 0 Å². The van der Waals surface area contributed by atoms with E-state index in [0.29, 0.717) is 0 Å². The molecule has 0 spiro atoms. The highest BCUT2D eigenvalue weighted by Crippen LogP contribution is 2.29. The Balaban J connectivity index is 3.26. The van der Waals surface area contributed by atoms with Gasteiger partial charge in [-0.15, -0.1) is 0 Å². The molecule has 7 nitrogen and oxygen atoms in total. The summed E-state index contributed by atoms with van der Waals surface area (Å²) in [5.41, 5.74) is 1.16. The van der Waals surface area contributed by atoms with Crippen molar-refractivity contribution in [2.75, 3.05) is 0 Å². The van der Waals surface area contributed by atoms with Crippen LogP contribution >= 0.6 is 0 Å². The fourth-order valence-electron chi connectivity index (χ4n) is 1.09. The molecule has 7 heteroatoms. The van der Waals surface area contributed by atoms with Gasteiger partial charge in [0.05, 0.1) is 0 Å². The van der Waals surface area contributed by atoms with Crippen LogP contribution in [0.4, 0.5) is 0 Å². The molecule has 0 aromatic heterocycles. The molecular weight excluding hydrogens is 218 g/mol. The van der Waals surface area contributed by atoms with Crippen LogP contribution in [0.5, 0.6) is 5.75 Å². The number of nitrogens with two attached hydrogens (primary N) is 1. The molecule has 7 N–H and O–H groups in total. The highest BCUT2D eigenvalue weighted by Gasteiger charge is 2.53. The van der Waals surface area contributed by atoms with Crippen molar-refractivity contribution in [2.45, 2.75) is 11.5 Å². The van der Waals surface area contributed by atoms with E-state index >= 15 is 0 Å². The van der Waals surface area contributed by atoms with Gasteiger partial charge in [0.15, 0.2) is 0 Å². The maximum absolute atomic E-state index is 10.6. The number of aliphatic hydroxyl groups is 3. The molecule has 1 atom stereocenters. The first kappa shape index (κ1) is 12.4. The SMILES string of the molecule is NC(O)(C(=O)O)C(O)(O)c1cccc(O)c1. The average Bonchev–Trinajstić information content (AvgIpc) is 2.17. The fourth-order valence-corrected chi connectivity index (χ4v) is 1.09. The maximum atomic E-state index is 10.6. The molecule has 1 aromatic carbocycles. The van der Waals surface area contributed by atoms with Crippen molar-refractivity contribution in [1.29, 1.82) is 0 Å². The average molecular weight is 229 g/mol. The second kappa shape index (κ2) is 3.72. The molecule has 0 saturated carbocycles. The van der Waals surface area contributed by atoms with Gasteiger partial charge >= 0.3 is 5.97 Å². The standard InChI is InChI=1S/C9H11NO6/c10-8(14,7(12)13)9(15,16)5-2-1-3-6(11)4-5/h1-4,11,14-16H,10H2,(H,12,13). The van der Waals surface area contributed by atoms with Crippen LogP contribution in [0.2, 0.25) is 0 Å². The first-order valence-electron chi connectivity index (χ1n) is 4.18. The normalized spacial score (nSPS) is 15.5. The molecule has 0 aliphatic heterocycles. The summed E-state index contributed by atoms with van der Waals surface area (Å²) in [7, 11) is 0. The predicted octanol–water partition coefficient (Wildman–Crippen LogP) is -1.74. The Morgan fingerprint density at radius 2 is 1.81 bits per heavy atom. The number of carbonyl (C=O) groups is 1. The minimum absolute atomic E-state index is 0.328. The van der Waals surface area contributed by atoms with Gasteiger partial charge in [-0.2, -0.15) is 0 Å². The molecule has 0 aliphatic rings. The second-order valence-corrected chi connectivity index (χ2v) is 3.29. The lowest BCUT2D eigenvalue weighted by molar-refractivity contribution is -0.280. The molecule has 0 amide bonds. The van der Waals surface area contributed by atoms with Crippen LogP contribution in [0.1, 0.15) is 5.56 Å². The third-order valence-electron chi connectivity index (χ3n) is 2.11. The largest absolute Gasteiger partial charge is 0.508 e. The van der Waals surface area contributed by atoms with Crippen molar-refractivity contribution >= 4 is 5.97 Å². The first-order chi connectivity index (χ1) is 7.19. The van der Waals surface area contributed by atoms with Crippen molar-refractivity contribution in [2.24, 2.45) is 5.73 Å². The Labute approximate surface area is 90.0 Å². The molecule has 1 unspecified atom stereocenters. The number of hydrogen-bond acceptors (Lipinski definition) is 6. The number of benzene rings is 1. The van der Waals surface area contributed by atoms with Crippen molar-refractivity contribution < 1.29 is 30.3 Å². The lowest BCUT2D eigenvalue weighted by atomic mass is 9.95. The number of hydrogen-bond donors (Lipinski definition) is 6. The molecule has 88 valence electrons. The number of carboxylic acid groups (broad SMARTS) is 1. The van der Waals surface area contributed by atoms with Crippen LogP contribution in [0.25, 0.3) is 0 Å². The molecule has 0 aliphatic carbocycles. The van der Waals surface area contributed by atoms with Crippen molar-refractivity contribution in [3.05, 3.63) is 29.8 Å². The summed E-state index contributed by atoms with van der Waals surface area (Å²) >= 11 is 0. The van der Waals surface area contributed by atoms with Gasteiger partial charge in [-0.3, -0.25) is 5.73 Å². The third-order valence-corrected chi connectivity index (χ3v) is 2.11. The second-order valence-electron chi connectivity index (χ2n) is 3.29. The predicted molar refractivity (Wildman–Crippen MR) is 51.0 cm³/mol. The molecule has 1 rings (SSSR count). The summed E-state index contributed by atoms with van der Waals surface area (Å²) in [6.07, 6.45) is 0. The van der Waals surface area contributed by atoms with Crippen LogP contribution < -0.4 is 5.73 Å². The van der Waals surface area contributed by atoms with Gasteiger partial charge in [-0.05, 0) is 12.1 Å². The zero-order valence-corrected chi connectivity index (χ0v) is 8.03. The quantitative estimate of drug-likeness (QED) is 0.337. The molecule has 0 heterocycles. The van der Waals surface area contributed by atoms with Gasteiger partial charge in [-0.25, -0.2) is 4.79 Å². The van der Waals surface area contributed by atoms with Gasteiger partial charge in [-0.1, -0.05) is 12.1 Å². The van der Waals surface area contributed by atoms with Crippen LogP contribution in [0.3, 0.4) is 0 Å². The number of rotatable bonds is 3. The number of phenolic OH excluding ortho intramolecular Hbond substituents is 1. The summed E-state index contributed by atoms with van der Waals surface area (Å²) in [6.45, 7) is 0. The maximum Gasteiger partial charge on any atom is 0.357 e. The molecule has 0 saturated heterocycles. The molecule has 0 fully saturated rings. The smallest absolute Gasteiger partial charge is 0.357 e. The summed E-state index contributed by atoms with van der Waals surface area (Å²) in [4.78, 5) is 10.6. The Morgan fingerprint density at radius 3 is 2.25 bits per heavy atom.